The molecule has 0 aromatic heterocycles. The summed E-state index contributed by atoms with van der Waals surface area (Å²) >= 11 is 0. The lowest BCUT2D eigenvalue weighted by Crippen LogP contribution is -2.32. The second-order valence-electron chi connectivity index (χ2n) is 6.36. The zero-order valence-electron chi connectivity index (χ0n) is 14.9. The zero-order chi connectivity index (χ0) is 19.7. The van der Waals surface area contributed by atoms with Gasteiger partial charge in [-0.05, 0) is 35.9 Å². The maximum atomic E-state index is 12.9. The Kier molecular flexibility index (Phi) is 4.49. The van der Waals surface area contributed by atoms with Crippen LogP contribution in [0.4, 0.5) is 5.69 Å². The number of carbonyl (C=O) groups excluding carboxylic acids is 3. The Morgan fingerprint density at radius 1 is 1.04 bits per heavy atom. The molecule has 2 atom stereocenters. The number of allylic oxidation sites excluding steroid dienone is 1. The van der Waals surface area contributed by atoms with E-state index in [0.717, 1.165) is 10.5 Å². The van der Waals surface area contributed by atoms with Gasteiger partial charge in [0.05, 0.1) is 11.4 Å². The molecule has 0 N–H and O–H groups in total. The van der Waals surface area contributed by atoms with Crippen molar-refractivity contribution in [3.05, 3.63) is 66.2 Å². The fourth-order valence-electron chi connectivity index (χ4n) is 3.17. The lowest BCUT2D eigenvalue weighted by Gasteiger charge is -2.15. The van der Waals surface area contributed by atoms with Crippen molar-refractivity contribution in [3.8, 4) is 5.75 Å². The number of fused-ring (bicyclic) bond motifs is 1. The highest BCUT2D eigenvalue weighted by atomic mass is 16.6. The van der Waals surface area contributed by atoms with Crippen LogP contribution in [0.1, 0.15) is 12.5 Å². The minimum absolute atomic E-state index is 0.333. The predicted molar refractivity (Wildman–Crippen MR) is 102 cm³/mol. The highest BCUT2D eigenvalue weighted by molar-refractivity contribution is 6.31. The molecule has 2 unspecified atom stereocenters. The number of nitrogens with zero attached hydrogens (tertiary/aromatic N) is 2. The largest absolute Gasteiger partial charge is 0.427 e. The third-order valence-corrected chi connectivity index (χ3v) is 4.45. The smallest absolute Gasteiger partial charge is 0.308 e. The molecule has 2 aliphatic heterocycles. The van der Waals surface area contributed by atoms with E-state index >= 15 is 0 Å². The molecule has 0 saturated carbocycles. The summed E-state index contributed by atoms with van der Waals surface area (Å²) < 4.78 is 4.97. The van der Waals surface area contributed by atoms with Crippen LogP contribution in [0.25, 0.3) is 6.08 Å². The maximum absolute atomic E-state index is 12.9. The molecular weight excluding hydrogens is 360 g/mol. The van der Waals surface area contributed by atoms with Crippen LogP contribution in [0.15, 0.2) is 65.8 Å². The van der Waals surface area contributed by atoms with Gasteiger partial charge in [-0.3, -0.25) is 14.4 Å². The summed E-state index contributed by atoms with van der Waals surface area (Å²) in [5.74, 6) is -1.76. The molecule has 0 aliphatic carbocycles. The van der Waals surface area contributed by atoms with Gasteiger partial charge in [0.1, 0.15) is 11.7 Å². The number of amides is 2. The highest BCUT2D eigenvalue weighted by Crippen LogP contribution is 2.34. The number of hydrogen-bond donors (Lipinski definition) is 0. The second kappa shape index (κ2) is 7.11. The Morgan fingerprint density at radius 2 is 1.75 bits per heavy atom. The van der Waals surface area contributed by atoms with Crippen molar-refractivity contribution in [2.75, 3.05) is 4.90 Å². The van der Waals surface area contributed by atoms with Crippen LogP contribution in [-0.2, 0) is 19.2 Å². The van der Waals surface area contributed by atoms with Crippen LogP contribution >= 0.6 is 0 Å². The fourth-order valence-corrected chi connectivity index (χ4v) is 3.17. The van der Waals surface area contributed by atoms with E-state index in [1.54, 1.807) is 18.2 Å². The SMILES string of the molecule is CC(=O)Oc1ccc(N2C(=O)C3ON=C(C=Cc4ccccc4)C3C2=O)cc1. The summed E-state index contributed by atoms with van der Waals surface area (Å²) in [6.45, 7) is 1.30. The van der Waals surface area contributed by atoms with Crippen LogP contribution in [0.2, 0.25) is 0 Å². The van der Waals surface area contributed by atoms with Crippen LogP contribution in [0.5, 0.6) is 5.75 Å². The van der Waals surface area contributed by atoms with Crippen LogP contribution in [0.3, 0.4) is 0 Å². The van der Waals surface area contributed by atoms with E-state index in [4.69, 9.17) is 9.57 Å². The van der Waals surface area contributed by atoms with E-state index in [1.165, 1.54) is 19.1 Å². The monoisotopic (exact) mass is 376 g/mol. The number of rotatable bonds is 4. The Bertz CT molecular complexity index is 995. The van der Waals surface area contributed by atoms with Crippen molar-refractivity contribution < 1.29 is 24.0 Å². The highest BCUT2D eigenvalue weighted by Gasteiger charge is 2.55. The first-order chi connectivity index (χ1) is 13.5. The number of anilines is 1. The molecule has 2 aliphatic rings. The van der Waals surface area contributed by atoms with E-state index < -0.39 is 29.8 Å². The fraction of sp³-hybridized carbons (Fsp3) is 0.143. The van der Waals surface area contributed by atoms with Crippen molar-refractivity contribution in [3.63, 3.8) is 0 Å². The predicted octanol–water partition coefficient (Wildman–Crippen LogP) is 2.57. The van der Waals surface area contributed by atoms with E-state index in [-0.39, 0.29) is 0 Å². The van der Waals surface area contributed by atoms with Crippen molar-refractivity contribution in [2.45, 2.75) is 13.0 Å². The molecule has 2 aromatic carbocycles. The third-order valence-electron chi connectivity index (χ3n) is 4.45. The van der Waals surface area contributed by atoms with E-state index in [2.05, 4.69) is 5.16 Å². The van der Waals surface area contributed by atoms with Gasteiger partial charge < -0.3 is 9.57 Å². The average molecular weight is 376 g/mol. The van der Waals surface area contributed by atoms with Crippen molar-refractivity contribution in [1.29, 1.82) is 0 Å². The molecule has 0 spiro atoms. The van der Waals surface area contributed by atoms with Crippen LogP contribution < -0.4 is 9.64 Å². The topological polar surface area (TPSA) is 85.3 Å². The van der Waals surface area contributed by atoms with Crippen molar-refractivity contribution in [2.24, 2.45) is 11.1 Å². The molecule has 2 aromatic rings. The lowest BCUT2D eigenvalue weighted by molar-refractivity contribution is -0.132. The molecule has 7 heteroatoms. The third kappa shape index (κ3) is 3.18. The van der Waals surface area contributed by atoms with Crippen molar-refractivity contribution in [1.82, 2.24) is 0 Å². The number of esters is 1. The summed E-state index contributed by atoms with van der Waals surface area (Å²) in [6, 6.07) is 15.7. The molecule has 0 bridgehead atoms. The minimum Gasteiger partial charge on any atom is -0.427 e. The molecular formula is C21H16N2O5. The Morgan fingerprint density at radius 3 is 2.43 bits per heavy atom. The van der Waals surface area contributed by atoms with Gasteiger partial charge in [0.2, 0.25) is 12.0 Å². The Balaban J connectivity index is 1.55. The molecule has 4 rings (SSSR count). The van der Waals surface area contributed by atoms with E-state index in [0.29, 0.717) is 17.1 Å². The van der Waals surface area contributed by atoms with Gasteiger partial charge >= 0.3 is 5.97 Å². The van der Waals surface area contributed by atoms with E-state index in [1.807, 2.05) is 36.4 Å². The summed E-state index contributed by atoms with van der Waals surface area (Å²) in [4.78, 5) is 42.9. The normalized spacial score (nSPS) is 20.9. The quantitative estimate of drug-likeness (QED) is 0.465. The van der Waals surface area contributed by atoms with Gasteiger partial charge in [-0.25, -0.2) is 4.90 Å². The number of carbonyl (C=O) groups is 3. The number of hydrogen-bond acceptors (Lipinski definition) is 6. The Labute approximate surface area is 160 Å². The zero-order valence-corrected chi connectivity index (χ0v) is 14.9. The molecule has 2 amide bonds. The van der Waals surface area contributed by atoms with Gasteiger partial charge in [-0.2, -0.15) is 0 Å². The maximum Gasteiger partial charge on any atom is 0.308 e. The number of benzene rings is 2. The first-order valence-electron chi connectivity index (χ1n) is 8.68. The van der Waals surface area contributed by atoms with Gasteiger partial charge in [0, 0.05) is 6.92 Å². The summed E-state index contributed by atoms with van der Waals surface area (Å²) in [5, 5.41) is 3.92. The minimum atomic E-state index is -0.962. The van der Waals surface area contributed by atoms with Gasteiger partial charge in [-0.15, -0.1) is 0 Å². The van der Waals surface area contributed by atoms with Gasteiger partial charge in [-0.1, -0.05) is 41.6 Å². The van der Waals surface area contributed by atoms with Gasteiger partial charge in [0.15, 0.2) is 0 Å². The molecule has 0 radical (unpaired) electrons. The second-order valence-corrected chi connectivity index (χ2v) is 6.36. The molecule has 2 heterocycles. The summed E-state index contributed by atoms with van der Waals surface area (Å²) in [6.07, 6.45) is 2.55. The van der Waals surface area contributed by atoms with Crippen LogP contribution in [-0.4, -0.2) is 29.6 Å². The molecule has 1 fully saturated rings. The lowest BCUT2D eigenvalue weighted by atomic mass is 9.99. The first-order valence-corrected chi connectivity index (χ1v) is 8.68. The summed E-state index contributed by atoms with van der Waals surface area (Å²) in [5.41, 5.74) is 1.74. The molecule has 7 nitrogen and oxygen atoms in total. The first kappa shape index (κ1) is 17.7. The molecule has 140 valence electrons. The summed E-state index contributed by atoms with van der Waals surface area (Å²) in [7, 11) is 0. The standard InChI is InChI=1S/C21H16N2O5/c1-13(24)27-16-10-8-15(9-11-16)23-20(25)18-17(22-28-19(18)21(23)26)12-7-14-5-3-2-4-6-14/h2-12,18-19H,1H3. The van der Waals surface area contributed by atoms with Crippen molar-refractivity contribution >= 4 is 35.3 Å². The van der Waals surface area contributed by atoms with E-state index in [9.17, 15) is 14.4 Å². The molecule has 28 heavy (non-hydrogen) atoms. The number of oxime groups is 1. The van der Waals surface area contributed by atoms with Crippen LogP contribution in [0, 0.1) is 5.92 Å². The number of imide groups is 1. The van der Waals surface area contributed by atoms with Gasteiger partial charge in [0.25, 0.3) is 5.91 Å². The number of ether oxygens (including phenoxy) is 1. The Hall–Kier alpha value is -3.74. The molecule has 1 saturated heterocycles. The average Bonchev–Trinajstić information content (AvgIpc) is 3.21.